The van der Waals surface area contributed by atoms with Crippen LogP contribution in [0.25, 0.3) is 21.5 Å². The van der Waals surface area contributed by atoms with Gasteiger partial charge in [0.1, 0.15) is 5.75 Å². The first-order valence-corrected chi connectivity index (χ1v) is 9.21. The maximum Gasteiger partial charge on any atom is 0.241 e. The SMILES string of the molecule is COc1ccc2cc(CN(C)Cc3nc(-c4cccs4)no3)ccc2c1. The first-order chi connectivity index (χ1) is 12.7. The van der Waals surface area contributed by atoms with E-state index in [2.05, 4.69) is 39.3 Å². The summed E-state index contributed by atoms with van der Waals surface area (Å²) in [4.78, 5) is 7.66. The predicted octanol–water partition coefficient (Wildman–Crippen LogP) is 4.59. The van der Waals surface area contributed by atoms with Gasteiger partial charge in [0.2, 0.25) is 11.7 Å². The lowest BCUT2D eigenvalue weighted by Crippen LogP contribution is -2.17. The highest BCUT2D eigenvalue weighted by Gasteiger charge is 2.12. The third-order valence-electron chi connectivity index (χ3n) is 4.18. The highest BCUT2D eigenvalue weighted by atomic mass is 32.1. The third-order valence-corrected chi connectivity index (χ3v) is 5.04. The largest absolute Gasteiger partial charge is 0.497 e. The van der Waals surface area contributed by atoms with E-state index in [1.54, 1.807) is 18.4 Å². The number of benzene rings is 2. The Morgan fingerprint density at radius 2 is 1.92 bits per heavy atom. The standard InChI is InChI=1S/C20H19N3O2S/c1-23(13-19-21-20(22-25-19)18-4-3-9-26-18)12-14-5-6-16-11-17(24-2)8-7-15(16)10-14/h3-11H,12-13H2,1-2H3. The second kappa shape index (κ2) is 7.27. The minimum absolute atomic E-state index is 0.610. The minimum Gasteiger partial charge on any atom is -0.497 e. The van der Waals surface area contributed by atoms with Gasteiger partial charge in [-0.1, -0.05) is 29.4 Å². The first-order valence-electron chi connectivity index (χ1n) is 8.33. The molecule has 0 aliphatic rings. The predicted molar refractivity (Wildman–Crippen MR) is 103 cm³/mol. The fourth-order valence-corrected chi connectivity index (χ4v) is 3.57. The number of aromatic nitrogens is 2. The number of methoxy groups -OCH3 is 1. The Bertz CT molecular complexity index is 1010. The number of fused-ring (bicyclic) bond motifs is 1. The van der Waals surface area contributed by atoms with Crippen LogP contribution in [0.4, 0.5) is 0 Å². The van der Waals surface area contributed by atoms with Crippen molar-refractivity contribution in [3.8, 4) is 16.5 Å². The molecule has 5 nitrogen and oxygen atoms in total. The van der Waals surface area contributed by atoms with E-state index in [1.807, 2.05) is 36.7 Å². The van der Waals surface area contributed by atoms with E-state index in [-0.39, 0.29) is 0 Å². The molecule has 2 aromatic heterocycles. The Labute approximate surface area is 155 Å². The average molecular weight is 365 g/mol. The number of hydrogen-bond donors (Lipinski definition) is 0. The molecule has 0 saturated heterocycles. The Morgan fingerprint density at radius 3 is 2.73 bits per heavy atom. The molecule has 0 amide bonds. The van der Waals surface area contributed by atoms with E-state index < -0.39 is 0 Å². The zero-order chi connectivity index (χ0) is 17.9. The molecule has 4 rings (SSSR count). The van der Waals surface area contributed by atoms with Gasteiger partial charge in [-0.2, -0.15) is 4.98 Å². The number of rotatable bonds is 6. The second-order valence-corrected chi connectivity index (χ2v) is 7.16. The molecule has 6 heteroatoms. The van der Waals surface area contributed by atoms with E-state index in [9.17, 15) is 0 Å². The summed E-state index contributed by atoms with van der Waals surface area (Å²) in [6.07, 6.45) is 0. The molecule has 0 atom stereocenters. The van der Waals surface area contributed by atoms with Gasteiger partial charge < -0.3 is 9.26 Å². The lowest BCUT2D eigenvalue weighted by atomic mass is 10.1. The van der Waals surface area contributed by atoms with Gasteiger partial charge in [-0.25, -0.2) is 0 Å². The molecule has 0 saturated carbocycles. The molecule has 26 heavy (non-hydrogen) atoms. The van der Waals surface area contributed by atoms with Crippen LogP contribution in [-0.2, 0) is 13.1 Å². The molecule has 2 heterocycles. The summed E-state index contributed by atoms with van der Waals surface area (Å²) < 4.78 is 10.7. The van der Waals surface area contributed by atoms with Crippen molar-refractivity contribution in [3.05, 3.63) is 65.4 Å². The van der Waals surface area contributed by atoms with Crippen molar-refractivity contribution in [3.63, 3.8) is 0 Å². The first kappa shape index (κ1) is 16.8. The van der Waals surface area contributed by atoms with Crippen LogP contribution < -0.4 is 4.74 Å². The molecule has 0 fully saturated rings. The van der Waals surface area contributed by atoms with Gasteiger partial charge in [-0.05, 0) is 53.0 Å². The molecule has 0 N–H and O–H groups in total. The van der Waals surface area contributed by atoms with E-state index in [0.717, 1.165) is 17.2 Å². The van der Waals surface area contributed by atoms with Crippen LogP contribution in [0.3, 0.4) is 0 Å². The quantitative estimate of drug-likeness (QED) is 0.500. The Kier molecular flexibility index (Phi) is 4.69. The van der Waals surface area contributed by atoms with Crippen molar-refractivity contribution in [1.29, 1.82) is 0 Å². The summed E-state index contributed by atoms with van der Waals surface area (Å²) in [5, 5.41) is 8.45. The summed E-state index contributed by atoms with van der Waals surface area (Å²) in [6, 6.07) is 16.6. The molecule has 0 unspecified atom stereocenters. The average Bonchev–Trinajstić information content (AvgIpc) is 3.32. The van der Waals surface area contributed by atoms with Crippen molar-refractivity contribution in [2.75, 3.05) is 14.2 Å². The highest BCUT2D eigenvalue weighted by Crippen LogP contribution is 2.23. The fourth-order valence-electron chi connectivity index (χ4n) is 2.92. The zero-order valence-electron chi connectivity index (χ0n) is 14.7. The van der Waals surface area contributed by atoms with Crippen LogP contribution >= 0.6 is 11.3 Å². The van der Waals surface area contributed by atoms with Crippen LogP contribution in [0.1, 0.15) is 11.5 Å². The number of hydrogen-bond acceptors (Lipinski definition) is 6. The maximum atomic E-state index is 5.38. The van der Waals surface area contributed by atoms with E-state index in [1.165, 1.54) is 16.3 Å². The molecular weight excluding hydrogens is 346 g/mol. The van der Waals surface area contributed by atoms with Crippen LogP contribution in [-0.4, -0.2) is 29.2 Å². The molecule has 132 valence electrons. The van der Waals surface area contributed by atoms with Gasteiger partial charge in [0.25, 0.3) is 0 Å². The number of nitrogens with zero attached hydrogens (tertiary/aromatic N) is 3. The molecule has 0 aliphatic carbocycles. The second-order valence-electron chi connectivity index (χ2n) is 6.21. The summed E-state index contributed by atoms with van der Waals surface area (Å²) in [6.45, 7) is 1.41. The van der Waals surface area contributed by atoms with Crippen molar-refractivity contribution >= 4 is 22.1 Å². The van der Waals surface area contributed by atoms with Gasteiger partial charge in [-0.3, -0.25) is 4.90 Å². The fraction of sp³-hybridized carbons (Fsp3) is 0.200. The van der Waals surface area contributed by atoms with Gasteiger partial charge >= 0.3 is 0 Å². The zero-order valence-corrected chi connectivity index (χ0v) is 15.5. The normalized spacial score (nSPS) is 11.3. The smallest absolute Gasteiger partial charge is 0.241 e. The highest BCUT2D eigenvalue weighted by molar-refractivity contribution is 7.13. The van der Waals surface area contributed by atoms with Gasteiger partial charge in [0.05, 0.1) is 18.5 Å². The van der Waals surface area contributed by atoms with Crippen molar-refractivity contribution in [2.45, 2.75) is 13.1 Å². The molecule has 4 aromatic rings. The summed E-state index contributed by atoms with van der Waals surface area (Å²) in [7, 11) is 3.74. The molecular formula is C20H19N3O2S. The Hall–Kier alpha value is -2.70. The summed E-state index contributed by atoms with van der Waals surface area (Å²) in [5.41, 5.74) is 1.24. The summed E-state index contributed by atoms with van der Waals surface area (Å²) in [5.74, 6) is 2.16. The monoisotopic (exact) mass is 365 g/mol. The van der Waals surface area contributed by atoms with E-state index in [0.29, 0.717) is 18.3 Å². The molecule has 0 spiro atoms. The van der Waals surface area contributed by atoms with Crippen LogP contribution in [0.15, 0.2) is 58.4 Å². The Balaban J connectivity index is 1.44. The van der Waals surface area contributed by atoms with E-state index in [4.69, 9.17) is 9.26 Å². The number of thiophene rings is 1. The minimum atomic E-state index is 0.610. The van der Waals surface area contributed by atoms with Crippen LogP contribution in [0.2, 0.25) is 0 Å². The lowest BCUT2D eigenvalue weighted by Gasteiger charge is -2.14. The Morgan fingerprint density at radius 1 is 1.08 bits per heavy atom. The topological polar surface area (TPSA) is 51.4 Å². The lowest BCUT2D eigenvalue weighted by molar-refractivity contribution is 0.261. The summed E-state index contributed by atoms with van der Waals surface area (Å²) >= 11 is 1.61. The third kappa shape index (κ3) is 3.61. The molecule has 0 aliphatic heterocycles. The van der Waals surface area contributed by atoms with Crippen LogP contribution in [0, 0.1) is 0 Å². The number of ether oxygens (including phenoxy) is 1. The van der Waals surface area contributed by atoms with E-state index >= 15 is 0 Å². The van der Waals surface area contributed by atoms with Crippen molar-refractivity contribution < 1.29 is 9.26 Å². The van der Waals surface area contributed by atoms with Crippen molar-refractivity contribution in [1.82, 2.24) is 15.0 Å². The van der Waals surface area contributed by atoms with Gasteiger partial charge in [0.15, 0.2) is 0 Å². The maximum absolute atomic E-state index is 5.38. The molecule has 2 aromatic carbocycles. The van der Waals surface area contributed by atoms with Gasteiger partial charge in [0, 0.05) is 6.54 Å². The van der Waals surface area contributed by atoms with Crippen molar-refractivity contribution in [2.24, 2.45) is 0 Å². The van der Waals surface area contributed by atoms with Crippen LogP contribution in [0.5, 0.6) is 5.75 Å². The molecule has 0 bridgehead atoms. The van der Waals surface area contributed by atoms with Gasteiger partial charge in [-0.15, -0.1) is 11.3 Å². The molecule has 0 radical (unpaired) electrons.